The maximum absolute atomic E-state index is 12.2. The smallest absolute Gasteiger partial charge is 0.238 e. The van der Waals surface area contributed by atoms with Gasteiger partial charge in [0.25, 0.3) is 0 Å². The number of hydrogen-bond acceptors (Lipinski definition) is 5. The monoisotopic (exact) mass is 292 g/mol. The Kier molecular flexibility index (Phi) is 5.55. The number of methoxy groups -OCH3 is 1. The molecule has 1 aromatic rings. The molecule has 1 unspecified atom stereocenters. The average Bonchev–Trinajstić information content (AvgIpc) is 2.49. The number of nitrogens with two attached hydrogens (primary N) is 1. The minimum atomic E-state index is -0.0220. The number of piperazine rings is 1. The molecule has 1 saturated heterocycles. The van der Waals surface area contributed by atoms with Crippen molar-refractivity contribution < 1.29 is 9.53 Å². The summed E-state index contributed by atoms with van der Waals surface area (Å²) in [6.45, 7) is 3.67. The van der Waals surface area contributed by atoms with Crippen LogP contribution >= 0.6 is 0 Å². The van der Waals surface area contributed by atoms with Gasteiger partial charge in [-0.3, -0.25) is 9.69 Å². The number of rotatable bonds is 5. The van der Waals surface area contributed by atoms with Gasteiger partial charge in [0.05, 0.1) is 13.7 Å². The first-order chi connectivity index (χ1) is 10.1. The number of nitrogens with zero attached hydrogens (tertiary/aromatic N) is 2. The number of amides is 1. The molecule has 0 aromatic heterocycles. The second-order valence-electron chi connectivity index (χ2n) is 5.40. The fraction of sp³-hybridized carbons (Fsp3) is 0.533. The summed E-state index contributed by atoms with van der Waals surface area (Å²) in [5.41, 5.74) is 6.55. The largest absolute Gasteiger partial charge is 0.497 e. The lowest BCUT2D eigenvalue weighted by Crippen LogP contribution is -2.56. The molecule has 3 N–H and O–H groups in total. The molecule has 6 nitrogen and oxygen atoms in total. The van der Waals surface area contributed by atoms with Gasteiger partial charge in [-0.1, -0.05) is 6.07 Å². The van der Waals surface area contributed by atoms with Crippen LogP contribution in [0.5, 0.6) is 5.75 Å². The summed E-state index contributed by atoms with van der Waals surface area (Å²) in [6, 6.07) is 7.60. The first-order valence-corrected chi connectivity index (χ1v) is 7.19. The van der Waals surface area contributed by atoms with Crippen molar-refractivity contribution in [3.63, 3.8) is 0 Å². The maximum Gasteiger partial charge on any atom is 0.238 e. The molecule has 1 heterocycles. The van der Waals surface area contributed by atoms with Crippen LogP contribution in [0.1, 0.15) is 0 Å². The number of hydrogen-bond donors (Lipinski definition) is 2. The number of likely N-dealkylation sites (N-methyl/N-ethyl adjacent to an activating group) is 1. The van der Waals surface area contributed by atoms with Crippen molar-refractivity contribution in [3.8, 4) is 5.75 Å². The van der Waals surface area contributed by atoms with Gasteiger partial charge < -0.3 is 20.7 Å². The molecule has 1 aromatic carbocycles. The topological polar surface area (TPSA) is 70.8 Å². The highest BCUT2D eigenvalue weighted by atomic mass is 16.5. The molecule has 0 radical (unpaired) electrons. The lowest BCUT2D eigenvalue weighted by atomic mass is 10.1. The van der Waals surface area contributed by atoms with E-state index in [0.717, 1.165) is 31.1 Å². The van der Waals surface area contributed by atoms with Crippen molar-refractivity contribution in [1.29, 1.82) is 0 Å². The quantitative estimate of drug-likeness (QED) is 0.812. The molecular weight excluding hydrogens is 268 g/mol. The van der Waals surface area contributed by atoms with Crippen molar-refractivity contribution in [3.05, 3.63) is 24.3 Å². The molecule has 1 amide bonds. The van der Waals surface area contributed by atoms with E-state index >= 15 is 0 Å². The van der Waals surface area contributed by atoms with Gasteiger partial charge >= 0.3 is 0 Å². The van der Waals surface area contributed by atoms with Crippen molar-refractivity contribution in [2.45, 2.75) is 6.04 Å². The number of benzene rings is 1. The van der Waals surface area contributed by atoms with E-state index in [9.17, 15) is 4.79 Å². The second-order valence-corrected chi connectivity index (χ2v) is 5.40. The molecule has 1 fully saturated rings. The minimum Gasteiger partial charge on any atom is -0.497 e. The standard InChI is InChI=1S/C15H24N4O2/c1-18-6-7-19(13(9-16)10-18)11-15(20)17-12-4-3-5-14(8-12)21-2/h3-5,8,13H,6-7,9-11,16H2,1-2H3,(H,17,20). The Morgan fingerprint density at radius 3 is 3.00 bits per heavy atom. The Balaban J connectivity index is 1.91. The number of carbonyl (C=O) groups excluding carboxylic acids is 1. The highest BCUT2D eigenvalue weighted by Gasteiger charge is 2.25. The van der Waals surface area contributed by atoms with Gasteiger partial charge in [-0.05, 0) is 19.2 Å². The van der Waals surface area contributed by atoms with Crippen LogP contribution in [0.4, 0.5) is 5.69 Å². The molecule has 21 heavy (non-hydrogen) atoms. The number of carbonyl (C=O) groups is 1. The molecule has 1 aliphatic heterocycles. The fourth-order valence-electron chi connectivity index (χ4n) is 2.57. The van der Waals surface area contributed by atoms with E-state index < -0.39 is 0 Å². The van der Waals surface area contributed by atoms with E-state index in [0.29, 0.717) is 13.1 Å². The van der Waals surface area contributed by atoms with Gasteiger partial charge in [0.15, 0.2) is 0 Å². The molecular formula is C15H24N4O2. The second kappa shape index (κ2) is 7.40. The van der Waals surface area contributed by atoms with E-state index in [-0.39, 0.29) is 11.9 Å². The first-order valence-electron chi connectivity index (χ1n) is 7.19. The first kappa shape index (κ1) is 15.8. The van der Waals surface area contributed by atoms with Crippen LogP contribution in [-0.4, -0.2) is 68.6 Å². The molecule has 0 spiro atoms. The summed E-state index contributed by atoms with van der Waals surface area (Å²) < 4.78 is 5.15. The van der Waals surface area contributed by atoms with Crippen molar-refractivity contribution in [2.75, 3.05) is 52.2 Å². The molecule has 116 valence electrons. The maximum atomic E-state index is 12.2. The van der Waals surface area contributed by atoms with E-state index in [2.05, 4.69) is 22.2 Å². The third-order valence-electron chi connectivity index (χ3n) is 3.78. The van der Waals surface area contributed by atoms with Crippen LogP contribution in [0.3, 0.4) is 0 Å². The van der Waals surface area contributed by atoms with E-state index in [1.54, 1.807) is 7.11 Å². The van der Waals surface area contributed by atoms with Crippen molar-refractivity contribution in [1.82, 2.24) is 9.80 Å². The van der Waals surface area contributed by atoms with Gasteiger partial charge in [-0.2, -0.15) is 0 Å². The molecule has 0 bridgehead atoms. The highest BCUT2D eigenvalue weighted by Crippen LogP contribution is 2.17. The molecule has 0 saturated carbocycles. The SMILES string of the molecule is COc1cccc(NC(=O)CN2CCN(C)CC2CN)c1. The zero-order chi connectivity index (χ0) is 15.2. The Morgan fingerprint density at radius 2 is 2.29 bits per heavy atom. The Hall–Kier alpha value is -1.63. The van der Waals surface area contributed by atoms with Gasteiger partial charge in [0.1, 0.15) is 5.75 Å². The van der Waals surface area contributed by atoms with Crippen LogP contribution in [0.15, 0.2) is 24.3 Å². The zero-order valence-electron chi connectivity index (χ0n) is 12.7. The summed E-state index contributed by atoms with van der Waals surface area (Å²) in [6.07, 6.45) is 0. The zero-order valence-corrected chi connectivity index (χ0v) is 12.7. The Morgan fingerprint density at radius 1 is 1.48 bits per heavy atom. The van der Waals surface area contributed by atoms with Gasteiger partial charge in [-0.25, -0.2) is 0 Å². The van der Waals surface area contributed by atoms with Gasteiger partial charge in [0.2, 0.25) is 5.91 Å². The Labute approximate surface area is 125 Å². The van der Waals surface area contributed by atoms with Gasteiger partial charge in [-0.15, -0.1) is 0 Å². The van der Waals surface area contributed by atoms with Crippen molar-refractivity contribution in [2.24, 2.45) is 5.73 Å². The predicted octanol–water partition coefficient (Wildman–Crippen LogP) is 0.208. The lowest BCUT2D eigenvalue weighted by Gasteiger charge is -2.39. The van der Waals surface area contributed by atoms with Crippen LogP contribution in [0, 0.1) is 0 Å². The van der Waals surface area contributed by atoms with E-state index in [4.69, 9.17) is 10.5 Å². The normalized spacial score (nSPS) is 20.2. The fourth-order valence-corrected chi connectivity index (χ4v) is 2.57. The van der Waals surface area contributed by atoms with E-state index in [1.165, 1.54) is 0 Å². The highest BCUT2D eigenvalue weighted by molar-refractivity contribution is 5.92. The van der Waals surface area contributed by atoms with E-state index in [1.807, 2.05) is 24.3 Å². The van der Waals surface area contributed by atoms with Crippen LogP contribution in [-0.2, 0) is 4.79 Å². The summed E-state index contributed by atoms with van der Waals surface area (Å²) in [7, 11) is 3.69. The van der Waals surface area contributed by atoms with Crippen molar-refractivity contribution >= 4 is 11.6 Å². The number of anilines is 1. The summed E-state index contributed by atoms with van der Waals surface area (Å²) in [4.78, 5) is 16.6. The summed E-state index contributed by atoms with van der Waals surface area (Å²) in [5.74, 6) is 0.707. The third-order valence-corrected chi connectivity index (χ3v) is 3.78. The van der Waals surface area contributed by atoms with Crippen LogP contribution in [0.2, 0.25) is 0 Å². The summed E-state index contributed by atoms with van der Waals surface area (Å²) in [5, 5.41) is 2.90. The third kappa shape index (κ3) is 4.42. The average molecular weight is 292 g/mol. The molecule has 1 aliphatic rings. The van der Waals surface area contributed by atoms with Crippen LogP contribution in [0.25, 0.3) is 0 Å². The molecule has 1 atom stereocenters. The number of ether oxygens (including phenoxy) is 1. The Bertz CT molecular complexity index is 480. The van der Waals surface area contributed by atoms with Gasteiger partial charge in [0, 0.05) is 44.0 Å². The molecule has 0 aliphatic carbocycles. The number of nitrogens with one attached hydrogen (secondary N) is 1. The molecule has 2 rings (SSSR count). The lowest BCUT2D eigenvalue weighted by molar-refractivity contribution is -0.118. The minimum absolute atomic E-state index is 0.0220. The van der Waals surface area contributed by atoms with Crippen LogP contribution < -0.4 is 15.8 Å². The summed E-state index contributed by atoms with van der Waals surface area (Å²) >= 11 is 0. The molecule has 6 heteroatoms. The predicted molar refractivity (Wildman–Crippen MR) is 83.5 cm³/mol.